The van der Waals surface area contributed by atoms with Gasteiger partial charge in [0.05, 0.1) is 4.47 Å². The molecule has 17 heavy (non-hydrogen) atoms. The first-order valence-corrected chi connectivity index (χ1v) is 7.42. The molecule has 0 aliphatic rings. The Morgan fingerprint density at radius 1 is 1.24 bits per heavy atom. The summed E-state index contributed by atoms with van der Waals surface area (Å²) < 4.78 is 27.7. The molecule has 0 saturated carbocycles. The van der Waals surface area contributed by atoms with Crippen LogP contribution in [0, 0.1) is 11.6 Å². The normalized spacial score (nSPS) is 11.2. The largest absolute Gasteiger partial charge is 0.298 e. The molecule has 0 radical (unpaired) electrons. The Morgan fingerprint density at radius 2 is 1.94 bits per heavy atom. The Labute approximate surface area is 117 Å². The summed E-state index contributed by atoms with van der Waals surface area (Å²) in [6, 6.07) is 2.68. The molecule has 0 aliphatic heterocycles. The number of nitrogens with zero attached hydrogens (tertiary/aromatic N) is 1. The lowest BCUT2D eigenvalue weighted by Crippen LogP contribution is -2.27. The Hall–Kier alpha value is -0.0000000000000000555. The Kier molecular flexibility index (Phi) is 6.59. The van der Waals surface area contributed by atoms with Gasteiger partial charge in [0.1, 0.15) is 11.6 Å². The maximum absolute atomic E-state index is 13.8. The molecule has 0 saturated heterocycles. The van der Waals surface area contributed by atoms with Crippen LogP contribution in [0.1, 0.15) is 18.9 Å². The van der Waals surface area contributed by atoms with Crippen molar-refractivity contribution in [2.24, 2.45) is 0 Å². The smallest absolute Gasteiger partial charge is 0.144 e. The summed E-state index contributed by atoms with van der Waals surface area (Å²) in [4.78, 5) is 2.03. The van der Waals surface area contributed by atoms with Crippen LogP contribution in [0.4, 0.5) is 8.78 Å². The summed E-state index contributed by atoms with van der Waals surface area (Å²) in [6.07, 6.45) is 0.963. The third kappa shape index (κ3) is 4.30. The van der Waals surface area contributed by atoms with Gasteiger partial charge in [0.25, 0.3) is 0 Å². The standard InChI is InChI=1S/C12H15Br2F2N/c1-2-6-17(7-5-13)8-9-11(15)4-3-10(14)12(9)16/h3-4H,2,5-8H2,1H3. The minimum absolute atomic E-state index is 0.133. The van der Waals surface area contributed by atoms with Gasteiger partial charge in [-0.05, 0) is 41.0 Å². The molecule has 1 rings (SSSR count). The van der Waals surface area contributed by atoms with Crippen LogP contribution in [-0.4, -0.2) is 23.3 Å². The molecule has 0 spiro atoms. The molecule has 0 heterocycles. The van der Waals surface area contributed by atoms with Crippen molar-refractivity contribution in [3.05, 3.63) is 33.8 Å². The van der Waals surface area contributed by atoms with Crippen molar-refractivity contribution in [1.82, 2.24) is 4.90 Å². The zero-order valence-corrected chi connectivity index (χ0v) is 12.8. The first-order chi connectivity index (χ1) is 8.10. The first-order valence-electron chi connectivity index (χ1n) is 5.50. The number of halogens is 4. The molecule has 0 atom stereocenters. The highest BCUT2D eigenvalue weighted by molar-refractivity contribution is 9.10. The van der Waals surface area contributed by atoms with E-state index in [1.807, 2.05) is 4.90 Å². The molecule has 1 aromatic carbocycles. The Bertz CT molecular complexity index is 366. The molecule has 0 fully saturated rings. The maximum atomic E-state index is 13.8. The van der Waals surface area contributed by atoms with Gasteiger partial charge in [-0.1, -0.05) is 22.9 Å². The van der Waals surface area contributed by atoms with E-state index in [-0.39, 0.29) is 5.56 Å². The highest BCUT2D eigenvalue weighted by Crippen LogP contribution is 2.23. The van der Waals surface area contributed by atoms with Gasteiger partial charge in [0.2, 0.25) is 0 Å². The van der Waals surface area contributed by atoms with Gasteiger partial charge in [-0.3, -0.25) is 4.90 Å². The van der Waals surface area contributed by atoms with Gasteiger partial charge < -0.3 is 0 Å². The van der Waals surface area contributed by atoms with E-state index in [2.05, 4.69) is 38.8 Å². The van der Waals surface area contributed by atoms with Gasteiger partial charge in [-0.2, -0.15) is 0 Å². The van der Waals surface area contributed by atoms with Crippen LogP contribution in [0.5, 0.6) is 0 Å². The molecule has 1 nitrogen and oxygen atoms in total. The second-order valence-corrected chi connectivity index (χ2v) is 5.43. The fourth-order valence-electron chi connectivity index (χ4n) is 1.64. The molecular formula is C12H15Br2F2N. The third-order valence-corrected chi connectivity index (χ3v) is 3.43. The van der Waals surface area contributed by atoms with Crippen molar-refractivity contribution in [3.8, 4) is 0 Å². The van der Waals surface area contributed by atoms with Gasteiger partial charge >= 0.3 is 0 Å². The second kappa shape index (κ2) is 7.44. The molecule has 0 aromatic heterocycles. The van der Waals surface area contributed by atoms with Gasteiger partial charge in [-0.15, -0.1) is 0 Å². The monoisotopic (exact) mass is 369 g/mol. The molecule has 0 N–H and O–H groups in total. The van der Waals surface area contributed by atoms with E-state index in [4.69, 9.17) is 0 Å². The third-order valence-electron chi connectivity index (χ3n) is 2.46. The van der Waals surface area contributed by atoms with E-state index < -0.39 is 11.6 Å². The molecular weight excluding hydrogens is 356 g/mol. The lowest BCUT2D eigenvalue weighted by molar-refractivity contribution is 0.274. The Balaban J connectivity index is 2.88. The number of hydrogen-bond acceptors (Lipinski definition) is 1. The average Bonchev–Trinajstić information content (AvgIpc) is 2.30. The Morgan fingerprint density at radius 3 is 2.53 bits per heavy atom. The van der Waals surface area contributed by atoms with Crippen molar-refractivity contribution >= 4 is 31.9 Å². The highest BCUT2D eigenvalue weighted by Gasteiger charge is 2.15. The van der Waals surface area contributed by atoms with Crippen LogP contribution in [0.3, 0.4) is 0 Å². The summed E-state index contributed by atoms with van der Waals surface area (Å²) in [7, 11) is 0. The lowest BCUT2D eigenvalue weighted by atomic mass is 10.2. The minimum Gasteiger partial charge on any atom is -0.298 e. The molecule has 0 unspecified atom stereocenters. The van der Waals surface area contributed by atoms with Gasteiger partial charge in [0, 0.05) is 24.0 Å². The number of benzene rings is 1. The summed E-state index contributed by atoms with van der Waals surface area (Å²) >= 11 is 6.43. The topological polar surface area (TPSA) is 3.24 Å². The van der Waals surface area contributed by atoms with E-state index in [9.17, 15) is 8.78 Å². The maximum Gasteiger partial charge on any atom is 0.144 e. The summed E-state index contributed by atoms with van der Waals surface area (Å²) in [5, 5.41) is 0.796. The van der Waals surface area contributed by atoms with Gasteiger partial charge in [0.15, 0.2) is 0 Å². The molecule has 5 heteroatoms. The zero-order chi connectivity index (χ0) is 12.8. The van der Waals surface area contributed by atoms with Crippen molar-refractivity contribution in [2.45, 2.75) is 19.9 Å². The summed E-state index contributed by atoms with van der Waals surface area (Å²) in [5.74, 6) is -0.984. The van der Waals surface area contributed by atoms with E-state index in [1.54, 1.807) is 0 Å². The first kappa shape index (κ1) is 15.1. The minimum atomic E-state index is -0.499. The SMILES string of the molecule is CCCN(CCBr)Cc1c(F)ccc(Br)c1F. The molecule has 0 aliphatic carbocycles. The van der Waals surface area contributed by atoms with E-state index in [1.165, 1.54) is 12.1 Å². The van der Waals surface area contributed by atoms with E-state index in [0.717, 1.165) is 24.8 Å². The van der Waals surface area contributed by atoms with Crippen molar-refractivity contribution < 1.29 is 8.78 Å². The van der Waals surface area contributed by atoms with Crippen LogP contribution in [0.2, 0.25) is 0 Å². The van der Waals surface area contributed by atoms with Crippen LogP contribution in [-0.2, 0) is 6.54 Å². The predicted molar refractivity (Wildman–Crippen MR) is 73.4 cm³/mol. The zero-order valence-electron chi connectivity index (χ0n) is 9.65. The van der Waals surface area contributed by atoms with Crippen LogP contribution in [0.25, 0.3) is 0 Å². The second-order valence-electron chi connectivity index (χ2n) is 3.79. The van der Waals surface area contributed by atoms with Crippen LogP contribution in [0.15, 0.2) is 16.6 Å². The van der Waals surface area contributed by atoms with Crippen molar-refractivity contribution in [3.63, 3.8) is 0 Å². The van der Waals surface area contributed by atoms with Crippen molar-refractivity contribution in [2.75, 3.05) is 18.4 Å². The number of hydrogen-bond donors (Lipinski definition) is 0. The summed E-state index contributed by atoms with van der Waals surface area (Å²) in [5.41, 5.74) is 0.133. The fraction of sp³-hybridized carbons (Fsp3) is 0.500. The van der Waals surface area contributed by atoms with Crippen LogP contribution >= 0.6 is 31.9 Å². The fourth-order valence-corrected chi connectivity index (χ4v) is 2.52. The number of rotatable bonds is 6. The number of alkyl halides is 1. The van der Waals surface area contributed by atoms with Gasteiger partial charge in [-0.25, -0.2) is 8.78 Å². The summed E-state index contributed by atoms with van der Waals surface area (Å²) in [6.45, 7) is 3.96. The van der Waals surface area contributed by atoms with Crippen molar-refractivity contribution in [1.29, 1.82) is 0 Å². The van der Waals surface area contributed by atoms with E-state index in [0.29, 0.717) is 11.0 Å². The highest BCUT2D eigenvalue weighted by atomic mass is 79.9. The molecule has 1 aromatic rings. The molecule has 96 valence electrons. The average molecular weight is 371 g/mol. The quantitative estimate of drug-likeness (QED) is 0.532. The lowest BCUT2D eigenvalue weighted by Gasteiger charge is -2.21. The molecule has 0 bridgehead atoms. The van der Waals surface area contributed by atoms with Crippen LogP contribution < -0.4 is 0 Å². The molecule has 0 amide bonds. The van der Waals surface area contributed by atoms with E-state index >= 15 is 0 Å². The predicted octanol–water partition coefficient (Wildman–Crippen LogP) is 4.33.